The Hall–Kier alpha value is -7.80. The van der Waals surface area contributed by atoms with Crippen LogP contribution in [0.4, 0.5) is 5.82 Å². The fraction of sp³-hybridized carbons (Fsp3) is 0.200. The summed E-state index contributed by atoms with van der Waals surface area (Å²) in [6.45, 7) is -0.0347. The minimum absolute atomic E-state index is 0.141. The summed E-state index contributed by atoms with van der Waals surface area (Å²) in [6.07, 6.45) is 2.28. The molecule has 3 N–H and O–H groups in total. The molecule has 1 fully saturated rings. The molecule has 18 nitrogen and oxygen atoms in total. The fourth-order valence-corrected chi connectivity index (χ4v) is 7.86. The van der Waals surface area contributed by atoms with Crippen LogP contribution in [0.5, 0.6) is 11.5 Å². The summed E-state index contributed by atoms with van der Waals surface area (Å²) in [5.41, 5.74) is 1.43. The van der Waals surface area contributed by atoms with Crippen molar-refractivity contribution in [3.63, 3.8) is 0 Å². The van der Waals surface area contributed by atoms with E-state index in [1.54, 1.807) is 55.6 Å². The Kier molecular flexibility index (Phi) is 11.1. The Morgan fingerprint density at radius 2 is 1.49 bits per heavy atom. The first kappa shape index (κ1) is 40.6. The van der Waals surface area contributed by atoms with E-state index < -0.39 is 41.3 Å². The second-order valence-corrected chi connectivity index (χ2v) is 14.7. The van der Waals surface area contributed by atoms with Gasteiger partial charge in [0.15, 0.2) is 23.2 Å². The number of aliphatic hydroxyl groups excluding tert-OH is 1. The number of anilines is 1. The Balaban J connectivity index is 1.04. The van der Waals surface area contributed by atoms with Crippen LogP contribution in [-0.2, 0) is 21.6 Å². The van der Waals surface area contributed by atoms with Crippen LogP contribution in [0.25, 0.3) is 11.2 Å². The zero-order valence-electron chi connectivity index (χ0n) is 33.9. The molecule has 0 saturated carbocycles. The highest BCUT2D eigenvalue weighted by Crippen LogP contribution is 2.44. The molecular formula is C45H40N10O8. The Morgan fingerprint density at radius 3 is 2.14 bits per heavy atom. The van der Waals surface area contributed by atoms with E-state index in [9.17, 15) is 19.5 Å². The smallest absolute Gasteiger partial charge is 0.330 e. The number of aromatic nitrogens is 9. The molecule has 18 heteroatoms. The van der Waals surface area contributed by atoms with E-state index in [-0.39, 0.29) is 24.9 Å². The van der Waals surface area contributed by atoms with Crippen molar-refractivity contribution in [2.75, 3.05) is 26.1 Å². The minimum atomic E-state index is -1.32. The maximum Gasteiger partial charge on any atom is 0.330 e. The summed E-state index contributed by atoms with van der Waals surface area (Å²) in [5, 5.41) is 23.8. The number of ether oxygens (including phenoxy) is 4. The van der Waals surface area contributed by atoms with Gasteiger partial charge in [0.25, 0.3) is 11.5 Å². The molecule has 4 aromatic heterocycles. The number of amides is 1. The first-order chi connectivity index (χ1) is 30.7. The molecule has 5 heterocycles. The molecule has 0 aliphatic carbocycles. The number of aromatic amines is 1. The molecule has 0 unspecified atom stereocenters. The number of aliphatic hydroxyl groups is 1. The molecule has 63 heavy (non-hydrogen) atoms. The first-order valence-corrected chi connectivity index (χ1v) is 19.8. The fourth-order valence-electron chi connectivity index (χ4n) is 7.86. The normalized spacial score (nSPS) is 17.4. The zero-order valence-corrected chi connectivity index (χ0v) is 33.9. The number of benzene rings is 4. The Morgan fingerprint density at radius 1 is 0.841 bits per heavy atom. The van der Waals surface area contributed by atoms with E-state index in [0.29, 0.717) is 33.9 Å². The summed E-state index contributed by atoms with van der Waals surface area (Å²) in [5.74, 6) is 1.19. The molecule has 8 aromatic rings. The van der Waals surface area contributed by atoms with Gasteiger partial charge in [-0.05, 0) is 53.1 Å². The lowest BCUT2D eigenvalue weighted by molar-refractivity contribution is -0.0948. The quantitative estimate of drug-likeness (QED) is 0.132. The molecule has 4 aromatic carbocycles. The van der Waals surface area contributed by atoms with Crippen molar-refractivity contribution >= 4 is 22.9 Å². The first-order valence-electron chi connectivity index (χ1n) is 19.8. The highest BCUT2D eigenvalue weighted by Gasteiger charge is 2.49. The predicted molar refractivity (Wildman–Crippen MR) is 227 cm³/mol. The maximum atomic E-state index is 13.3. The van der Waals surface area contributed by atoms with Crippen LogP contribution >= 0.6 is 0 Å². The van der Waals surface area contributed by atoms with Gasteiger partial charge in [-0.1, -0.05) is 78.0 Å². The third-order valence-corrected chi connectivity index (χ3v) is 11.0. The molecular weight excluding hydrogens is 809 g/mol. The second-order valence-electron chi connectivity index (χ2n) is 14.7. The third kappa shape index (κ3) is 7.85. The highest BCUT2D eigenvalue weighted by molar-refractivity contribution is 6.06. The summed E-state index contributed by atoms with van der Waals surface area (Å²) < 4.78 is 28.9. The molecule has 0 bridgehead atoms. The number of H-pyrrole nitrogens is 1. The molecule has 9 rings (SSSR count). The van der Waals surface area contributed by atoms with Gasteiger partial charge in [0.2, 0.25) is 0 Å². The van der Waals surface area contributed by atoms with Gasteiger partial charge in [0, 0.05) is 17.8 Å². The van der Waals surface area contributed by atoms with E-state index in [4.69, 9.17) is 18.9 Å². The van der Waals surface area contributed by atoms with Crippen molar-refractivity contribution in [1.82, 2.24) is 44.1 Å². The van der Waals surface area contributed by atoms with Crippen molar-refractivity contribution < 1.29 is 28.8 Å². The van der Waals surface area contributed by atoms with Gasteiger partial charge in [-0.25, -0.2) is 24.4 Å². The summed E-state index contributed by atoms with van der Waals surface area (Å²) in [6, 6.07) is 33.6. The van der Waals surface area contributed by atoms with E-state index in [1.165, 1.54) is 27.8 Å². The monoisotopic (exact) mass is 848 g/mol. The number of hydrogen-bond acceptors (Lipinski definition) is 13. The molecule has 0 spiro atoms. The van der Waals surface area contributed by atoms with E-state index in [1.807, 2.05) is 84.9 Å². The highest BCUT2D eigenvalue weighted by atomic mass is 16.6. The topological polar surface area (TPSA) is 215 Å². The summed E-state index contributed by atoms with van der Waals surface area (Å²) >= 11 is 0. The Labute approximate surface area is 358 Å². The number of carbonyl (C=O) groups is 1. The van der Waals surface area contributed by atoms with Crippen LogP contribution in [0, 0.1) is 0 Å². The van der Waals surface area contributed by atoms with E-state index in [0.717, 1.165) is 16.7 Å². The van der Waals surface area contributed by atoms with Gasteiger partial charge in [0.05, 0.1) is 39.9 Å². The van der Waals surface area contributed by atoms with E-state index in [2.05, 4.69) is 35.6 Å². The molecule has 318 valence electrons. The summed E-state index contributed by atoms with van der Waals surface area (Å²) in [4.78, 5) is 53.8. The molecule has 0 radical (unpaired) electrons. The maximum absolute atomic E-state index is 13.3. The standard InChI is InChI=1S/C45H40N10O8/c1-60-33-17-13-30(14-18-33)45(29-11-7-4-8-12-29,31-15-19-34(61-2)20-16-31)62-25-35-39(57)38(43(63-35)54-22-21-36(56)49-44(54)59)55-24-32(51-52-55)23-53-27-48-37-40(46-26-47-41(37)53)50-42(58)28-9-5-3-6-10-28/h3-22,24,26-27,35,38-39,43,57H,23,25H2,1-2H3,(H,49,56,59)(H,46,47,50,58)/t35-,38-,39-,43-/m1/s1. The van der Waals surface area contributed by atoms with Crippen molar-refractivity contribution in [3.8, 4) is 11.5 Å². The molecule has 1 aliphatic rings. The largest absolute Gasteiger partial charge is 0.497 e. The third-order valence-electron chi connectivity index (χ3n) is 11.0. The lowest BCUT2D eigenvalue weighted by Crippen LogP contribution is -2.39. The van der Waals surface area contributed by atoms with Crippen molar-refractivity contribution in [2.45, 2.75) is 36.6 Å². The molecule has 1 amide bonds. The SMILES string of the molecule is COc1ccc(C(OC[C@H]2O[C@@H](n3ccc(=O)[nH]c3=O)[C@H](n3cc(Cn4cnc5c(NC(=O)c6ccccc6)ncnc54)nn3)[C@@H]2O)(c2ccccc2)c2ccc(OC)cc2)cc1. The molecule has 1 saturated heterocycles. The van der Waals surface area contributed by atoms with Crippen LogP contribution in [0.2, 0.25) is 0 Å². The van der Waals surface area contributed by atoms with Crippen LogP contribution in [0.3, 0.4) is 0 Å². The van der Waals surface area contributed by atoms with Crippen LogP contribution in [0.1, 0.15) is 45.0 Å². The van der Waals surface area contributed by atoms with Gasteiger partial charge in [-0.3, -0.25) is 19.1 Å². The number of hydrogen-bond donors (Lipinski definition) is 3. The molecule has 1 aliphatic heterocycles. The van der Waals surface area contributed by atoms with Gasteiger partial charge in [0.1, 0.15) is 47.4 Å². The zero-order chi connectivity index (χ0) is 43.5. The van der Waals surface area contributed by atoms with Gasteiger partial charge >= 0.3 is 5.69 Å². The number of methoxy groups -OCH3 is 2. The number of nitrogens with one attached hydrogen (secondary N) is 2. The number of fused-ring (bicyclic) bond motifs is 1. The lowest BCUT2D eigenvalue weighted by Gasteiger charge is -2.37. The Bertz CT molecular complexity index is 2920. The predicted octanol–water partition coefficient (Wildman–Crippen LogP) is 4.09. The number of rotatable bonds is 14. The van der Waals surface area contributed by atoms with Crippen LogP contribution in [-0.4, -0.2) is 88.1 Å². The van der Waals surface area contributed by atoms with Crippen molar-refractivity contribution in [3.05, 3.63) is 189 Å². The number of imidazole rings is 1. The van der Waals surface area contributed by atoms with Gasteiger partial charge in [-0.15, -0.1) is 5.10 Å². The number of carbonyl (C=O) groups excluding carboxylic acids is 1. The average molecular weight is 849 g/mol. The lowest BCUT2D eigenvalue weighted by atomic mass is 9.80. The van der Waals surface area contributed by atoms with Crippen molar-refractivity contribution in [1.29, 1.82) is 0 Å². The minimum Gasteiger partial charge on any atom is -0.497 e. The van der Waals surface area contributed by atoms with Gasteiger partial charge in [-0.2, -0.15) is 0 Å². The summed E-state index contributed by atoms with van der Waals surface area (Å²) in [7, 11) is 3.19. The molecule has 4 atom stereocenters. The van der Waals surface area contributed by atoms with Crippen LogP contribution in [0.15, 0.2) is 150 Å². The van der Waals surface area contributed by atoms with E-state index >= 15 is 0 Å². The number of nitrogens with zero attached hydrogens (tertiary/aromatic N) is 8. The van der Waals surface area contributed by atoms with Crippen LogP contribution < -0.4 is 26.0 Å². The average Bonchev–Trinajstić information content (AvgIpc) is 4.05. The van der Waals surface area contributed by atoms with Crippen molar-refractivity contribution in [2.24, 2.45) is 0 Å². The van der Waals surface area contributed by atoms with Gasteiger partial charge < -0.3 is 33.9 Å². The second kappa shape index (κ2) is 17.3.